The quantitative estimate of drug-likeness (QED) is 0.408. The van der Waals surface area contributed by atoms with Crippen LogP contribution in [-0.2, 0) is 9.53 Å². The number of fused-ring (bicyclic) bond motifs is 1. The maximum Gasteiger partial charge on any atom is 0.334 e. The molecule has 1 N–H and O–H groups in total. The van der Waals surface area contributed by atoms with Gasteiger partial charge in [0.2, 0.25) is 0 Å². The Morgan fingerprint density at radius 2 is 2.22 bits per heavy atom. The normalized spacial score (nSPS) is 40.7. The summed E-state index contributed by atoms with van der Waals surface area (Å²) in [5.41, 5.74) is 1.88. The van der Waals surface area contributed by atoms with Gasteiger partial charge in [-0.1, -0.05) is 25.2 Å². The molecule has 0 aromatic rings. The van der Waals surface area contributed by atoms with Crippen LogP contribution in [0.4, 0.5) is 0 Å². The summed E-state index contributed by atoms with van der Waals surface area (Å²) in [6.45, 7) is 7.95. The van der Waals surface area contributed by atoms with Crippen molar-refractivity contribution in [2.45, 2.75) is 51.7 Å². The summed E-state index contributed by atoms with van der Waals surface area (Å²) in [6, 6.07) is 0. The first-order chi connectivity index (χ1) is 8.49. The molecule has 1 aliphatic carbocycles. The second kappa shape index (κ2) is 5.27. The number of carbonyl (C=O) groups excluding carboxylic acids is 1. The Morgan fingerprint density at radius 3 is 2.94 bits per heavy atom. The zero-order valence-corrected chi connectivity index (χ0v) is 11.2. The fraction of sp³-hybridized carbons (Fsp3) is 0.667. The van der Waals surface area contributed by atoms with Gasteiger partial charge in [0.25, 0.3) is 0 Å². The molecule has 2 rings (SSSR count). The Balaban J connectivity index is 2.19. The van der Waals surface area contributed by atoms with Crippen LogP contribution in [-0.4, -0.2) is 23.3 Å². The second-order valence-electron chi connectivity index (χ2n) is 5.68. The molecule has 1 fully saturated rings. The number of carbonyl (C=O) groups is 1. The van der Waals surface area contributed by atoms with Crippen LogP contribution in [0.1, 0.15) is 39.5 Å². The van der Waals surface area contributed by atoms with E-state index in [4.69, 9.17) is 4.74 Å². The van der Waals surface area contributed by atoms with Gasteiger partial charge in [-0.25, -0.2) is 4.79 Å². The highest BCUT2D eigenvalue weighted by atomic mass is 16.6. The van der Waals surface area contributed by atoms with Crippen LogP contribution >= 0.6 is 0 Å². The highest BCUT2D eigenvalue weighted by Crippen LogP contribution is 2.36. The third-order valence-corrected chi connectivity index (χ3v) is 4.24. The van der Waals surface area contributed by atoms with Gasteiger partial charge in [0.1, 0.15) is 6.10 Å². The smallest absolute Gasteiger partial charge is 0.334 e. The lowest BCUT2D eigenvalue weighted by molar-refractivity contribution is -0.140. The minimum Gasteiger partial charge on any atom is -0.458 e. The van der Waals surface area contributed by atoms with Crippen LogP contribution in [0.2, 0.25) is 0 Å². The Kier molecular flexibility index (Phi) is 3.91. The van der Waals surface area contributed by atoms with Crippen molar-refractivity contribution >= 4 is 5.97 Å². The second-order valence-corrected chi connectivity index (χ2v) is 5.68. The summed E-state index contributed by atoms with van der Waals surface area (Å²) in [6.07, 6.45) is 4.94. The lowest BCUT2D eigenvalue weighted by Gasteiger charge is -2.25. The van der Waals surface area contributed by atoms with E-state index in [1.54, 1.807) is 0 Å². The summed E-state index contributed by atoms with van der Waals surface area (Å²) < 4.78 is 5.39. The Bertz CT molecular complexity index is 383. The van der Waals surface area contributed by atoms with Gasteiger partial charge in [0, 0.05) is 11.5 Å². The first kappa shape index (κ1) is 13.3. The molecule has 0 saturated carbocycles. The van der Waals surface area contributed by atoms with Gasteiger partial charge in [-0.3, -0.25) is 0 Å². The van der Waals surface area contributed by atoms with E-state index in [9.17, 15) is 9.90 Å². The standard InChI is InChI=1S/C15H22O3/c1-9-4-6-12-11(3)15(17)18-14(12)8-10(2)13(16)7-5-9/h5,10,12-14,16H,3-4,6-8H2,1-2H3/b9-5+/t10-,12-,13+,14+/m0/s1. The van der Waals surface area contributed by atoms with E-state index in [1.807, 2.05) is 6.92 Å². The Hall–Kier alpha value is -1.09. The predicted molar refractivity (Wildman–Crippen MR) is 69.9 cm³/mol. The molecule has 0 spiro atoms. The number of hydrogen-bond acceptors (Lipinski definition) is 3. The molecular weight excluding hydrogens is 228 g/mol. The van der Waals surface area contributed by atoms with Gasteiger partial charge in [-0.2, -0.15) is 0 Å². The van der Waals surface area contributed by atoms with Gasteiger partial charge in [0.15, 0.2) is 0 Å². The first-order valence-corrected chi connectivity index (χ1v) is 6.72. The lowest BCUT2D eigenvalue weighted by atomic mass is 9.83. The van der Waals surface area contributed by atoms with E-state index in [0.717, 1.165) is 19.3 Å². The van der Waals surface area contributed by atoms with Gasteiger partial charge in [0.05, 0.1) is 6.10 Å². The van der Waals surface area contributed by atoms with Crippen molar-refractivity contribution in [3.63, 3.8) is 0 Å². The molecule has 3 heteroatoms. The van der Waals surface area contributed by atoms with Crippen molar-refractivity contribution in [2.24, 2.45) is 11.8 Å². The number of allylic oxidation sites excluding steroid dienone is 1. The SMILES string of the molecule is C=C1C(=O)O[C@@H]2C[C@H](C)[C@H](O)C/C=C(\C)CC[C@@H]12. The molecule has 18 heavy (non-hydrogen) atoms. The van der Waals surface area contributed by atoms with Gasteiger partial charge in [-0.15, -0.1) is 0 Å². The number of aliphatic hydroxyl groups excluding tert-OH is 1. The van der Waals surface area contributed by atoms with E-state index in [-0.39, 0.29) is 30.0 Å². The maximum absolute atomic E-state index is 11.6. The molecule has 0 radical (unpaired) electrons. The summed E-state index contributed by atoms with van der Waals surface area (Å²) in [7, 11) is 0. The van der Waals surface area contributed by atoms with Crippen molar-refractivity contribution in [1.82, 2.24) is 0 Å². The highest BCUT2D eigenvalue weighted by Gasteiger charge is 2.39. The first-order valence-electron chi connectivity index (χ1n) is 6.72. The minimum absolute atomic E-state index is 0.0967. The van der Waals surface area contributed by atoms with Crippen molar-refractivity contribution in [3.8, 4) is 0 Å². The Morgan fingerprint density at radius 1 is 1.50 bits per heavy atom. The number of esters is 1. The molecule has 0 unspecified atom stereocenters. The van der Waals surface area contributed by atoms with Gasteiger partial charge in [-0.05, 0) is 38.5 Å². The van der Waals surface area contributed by atoms with Gasteiger partial charge >= 0.3 is 5.97 Å². The summed E-state index contributed by atoms with van der Waals surface area (Å²) in [5, 5.41) is 10.1. The van der Waals surface area contributed by atoms with E-state index in [2.05, 4.69) is 19.6 Å². The molecule has 1 heterocycles. The number of ether oxygens (including phenoxy) is 1. The van der Waals surface area contributed by atoms with E-state index >= 15 is 0 Å². The van der Waals surface area contributed by atoms with Gasteiger partial charge < -0.3 is 9.84 Å². The summed E-state index contributed by atoms with van der Waals surface area (Å²) >= 11 is 0. The molecule has 1 saturated heterocycles. The summed E-state index contributed by atoms with van der Waals surface area (Å²) in [4.78, 5) is 11.6. The number of aliphatic hydroxyl groups is 1. The van der Waals surface area contributed by atoms with Crippen LogP contribution in [0.25, 0.3) is 0 Å². The fourth-order valence-corrected chi connectivity index (χ4v) is 2.81. The van der Waals surface area contributed by atoms with Crippen molar-refractivity contribution in [2.75, 3.05) is 0 Å². The van der Waals surface area contributed by atoms with Crippen molar-refractivity contribution in [1.29, 1.82) is 0 Å². The fourth-order valence-electron chi connectivity index (χ4n) is 2.81. The number of rotatable bonds is 0. The predicted octanol–water partition coefficient (Wildman–Crippen LogP) is 2.60. The average molecular weight is 250 g/mol. The minimum atomic E-state index is -0.355. The molecule has 0 amide bonds. The van der Waals surface area contributed by atoms with Crippen LogP contribution in [0.3, 0.4) is 0 Å². The lowest BCUT2D eigenvalue weighted by Crippen LogP contribution is -2.27. The number of hydrogen-bond donors (Lipinski definition) is 1. The molecular formula is C15H22O3. The highest BCUT2D eigenvalue weighted by molar-refractivity contribution is 5.90. The molecule has 4 atom stereocenters. The monoisotopic (exact) mass is 250 g/mol. The summed E-state index contributed by atoms with van der Waals surface area (Å²) in [5.74, 6) is -0.000445. The zero-order chi connectivity index (χ0) is 13.3. The topological polar surface area (TPSA) is 46.5 Å². The third-order valence-electron chi connectivity index (χ3n) is 4.24. The average Bonchev–Trinajstić information content (AvgIpc) is 2.59. The van der Waals surface area contributed by atoms with Crippen molar-refractivity contribution < 1.29 is 14.6 Å². The van der Waals surface area contributed by atoms with Crippen LogP contribution in [0.5, 0.6) is 0 Å². The van der Waals surface area contributed by atoms with E-state index in [1.165, 1.54) is 5.57 Å². The van der Waals surface area contributed by atoms with E-state index in [0.29, 0.717) is 12.0 Å². The molecule has 2 aliphatic rings. The molecule has 1 aliphatic heterocycles. The largest absolute Gasteiger partial charge is 0.458 e. The molecule has 3 nitrogen and oxygen atoms in total. The Labute approximate surface area is 109 Å². The van der Waals surface area contributed by atoms with Crippen molar-refractivity contribution in [3.05, 3.63) is 23.8 Å². The maximum atomic E-state index is 11.6. The molecule has 100 valence electrons. The van der Waals surface area contributed by atoms with Crippen LogP contribution in [0, 0.1) is 11.8 Å². The molecule has 0 aromatic heterocycles. The van der Waals surface area contributed by atoms with Crippen LogP contribution < -0.4 is 0 Å². The van der Waals surface area contributed by atoms with E-state index < -0.39 is 0 Å². The zero-order valence-electron chi connectivity index (χ0n) is 11.2. The molecule has 0 aromatic carbocycles. The third kappa shape index (κ3) is 2.66. The molecule has 0 bridgehead atoms. The van der Waals surface area contributed by atoms with Crippen LogP contribution in [0.15, 0.2) is 23.8 Å².